The minimum absolute atomic E-state index is 0.0110. The third-order valence-corrected chi connectivity index (χ3v) is 4.84. The van der Waals surface area contributed by atoms with E-state index in [0.717, 1.165) is 38.3 Å². The van der Waals surface area contributed by atoms with Crippen LogP contribution in [0.3, 0.4) is 0 Å². The molecule has 0 saturated carbocycles. The average molecular weight is 382 g/mol. The molecule has 0 bridgehead atoms. The van der Waals surface area contributed by atoms with Gasteiger partial charge in [0.25, 0.3) is 5.91 Å². The third-order valence-electron chi connectivity index (χ3n) is 4.84. The van der Waals surface area contributed by atoms with Crippen LogP contribution >= 0.6 is 0 Å². The summed E-state index contributed by atoms with van der Waals surface area (Å²) in [6.07, 6.45) is 0.934. The fraction of sp³-hybridized carbons (Fsp3) is 0.333. The van der Waals surface area contributed by atoms with Gasteiger partial charge in [0.1, 0.15) is 5.75 Å². The van der Waals surface area contributed by atoms with Gasteiger partial charge in [0.15, 0.2) is 0 Å². The van der Waals surface area contributed by atoms with E-state index in [9.17, 15) is 9.59 Å². The van der Waals surface area contributed by atoms with Gasteiger partial charge in [-0.1, -0.05) is 12.1 Å². The van der Waals surface area contributed by atoms with E-state index in [0.29, 0.717) is 17.8 Å². The molecule has 0 aliphatic carbocycles. The van der Waals surface area contributed by atoms with Crippen LogP contribution in [0.5, 0.6) is 5.75 Å². The van der Waals surface area contributed by atoms with Crippen LogP contribution in [0, 0.1) is 0 Å². The predicted molar refractivity (Wildman–Crippen MR) is 108 cm³/mol. The zero-order valence-electron chi connectivity index (χ0n) is 16.1. The van der Waals surface area contributed by atoms with Gasteiger partial charge in [-0.2, -0.15) is 0 Å². The lowest BCUT2D eigenvalue weighted by atomic mass is 10.1. The summed E-state index contributed by atoms with van der Waals surface area (Å²) < 4.78 is 5.20. The van der Waals surface area contributed by atoms with Gasteiger partial charge in [-0.15, -0.1) is 0 Å². The molecule has 3 rings (SSSR count). The number of methoxy groups -OCH3 is 1. The van der Waals surface area contributed by atoms with Crippen molar-refractivity contribution in [3.05, 3.63) is 59.7 Å². The number of rotatable bonds is 5. The Hall–Kier alpha value is -3.06. The molecule has 1 aliphatic heterocycles. The van der Waals surface area contributed by atoms with Crippen molar-refractivity contribution < 1.29 is 14.3 Å². The highest BCUT2D eigenvalue weighted by atomic mass is 16.5. The number of benzene rings is 2. The first kappa shape index (κ1) is 19.7. The summed E-state index contributed by atoms with van der Waals surface area (Å²) in [6, 6.07) is 14.3. The molecular weight excluding hydrogens is 356 g/mol. The number of nitrogens with two attached hydrogens (primary N) is 1. The summed E-state index contributed by atoms with van der Waals surface area (Å²) in [7, 11) is 1.66. The summed E-state index contributed by atoms with van der Waals surface area (Å²) >= 11 is 0. The summed E-state index contributed by atoms with van der Waals surface area (Å²) in [6.45, 7) is 4.07. The molecule has 0 unspecified atom stereocenters. The fourth-order valence-electron chi connectivity index (χ4n) is 3.34. The number of urea groups is 1. The van der Waals surface area contributed by atoms with Crippen LogP contribution in [0.15, 0.2) is 48.5 Å². The highest BCUT2D eigenvalue weighted by Gasteiger charge is 2.20. The van der Waals surface area contributed by atoms with Crippen LogP contribution in [0.2, 0.25) is 0 Å². The van der Waals surface area contributed by atoms with Gasteiger partial charge in [-0.3, -0.25) is 9.69 Å². The van der Waals surface area contributed by atoms with Crippen LogP contribution < -0.4 is 15.8 Å². The number of amides is 3. The van der Waals surface area contributed by atoms with E-state index in [-0.39, 0.29) is 5.91 Å². The minimum Gasteiger partial charge on any atom is -0.497 e. The molecule has 0 aromatic heterocycles. The number of primary amides is 1. The average Bonchev–Trinajstić information content (AvgIpc) is 2.94. The van der Waals surface area contributed by atoms with E-state index in [1.54, 1.807) is 31.4 Å². The van der Waals surface area contributed by atoms with Gasteiger partial charge in [-0.05, 0) is 48.4 Å². The predicted octanol–water partition coefficient (Wildman–Crippen LogP) is 2.53. The highest BCUT2D eigenvalue weighted by molar-refractivity contribution is 5.95. The van der Waals surface area contributed by atoms with Crippen LogP contribution in [-0.2, 0) is 6.54 Å². The van der Waals surface area contributed by atoms with Crippen molar-refractivity contribution in [2.24, 2.45) is 5.73 Å². The maximum absolute atomic E-state index is 12.8. The summed E-state index contributed by atoms with van der Waals surface area (Å²) in [5.74, 6) is 0.866. The van der Waals surface area contributed by atoms with Gasteiger partial charge >= 0.3 is 6.03 Å². The van der Waals surface area contributed by atoms with Crippen molar-refractivity contribution >= 4 is 17.6 Å². The molecule has 7 nitrogen and oxygen atoms in total. The Morgan fingerprint density at radius 1 is 1.00 bits per heavy atom. The summed E-state index contributed by atoms with van der Waals surface area (Å²) in [5.41, 5.74) is 7.52. The second kappa shape index (κ2) is 9.23. The molecule has 3 N–H and O–H groups in total. The number of carbonyl (C=O) groups is 2. The Bertz CT molecular complexity index is 805. The monoisotopic (exact) mass is 382 g/mol. The second-order valence-electron chi connectivity index (χ2n) is 6.84. The molecule has 7 heteroatoms. The lowest BCUT2D eigenvalue weighted by Crippen LogP contribution is -2.35. The van der Waals surface area contributed by atoms with Crippen molar-refractivity contribution in [1.29, 1.82) is 0 Å². The van der Waals surface area contributed by atoms with Crippen LogP contribution in [0.4, 0.5) is 10.5 Å². The van der Waals surface area contributed by atoms with E-state index < -0.39 is 6.03 Å². The molecular formula is C21H26N4O3. The van der Waals surface area contributed by atoms with Crippen molar-refractivity contribution in [3.8, 4) is 5.75 Å². The summed E-state index contributed by atoms with van der Waals surface area (Å²) in [4.78, 5) is 28.0. The molecule has 28 heavy (non-hydrogen) atoms. The maximum Gasteiger partial charge on any atom is 0.316 e. The van der Waals surface area contributed by atoms with Gasteiger partial charge in [0.2, 0.25) is 0 Å². The van der Waals surface area contributed by atoms with E-state index >= 15 is 0 Å². The highest BCUT2D eigenvalue weighted by Crippen LogP contribution is 2.16. The molecule has 1 saturated heterocycles. The standard InChI is InChI=1S/C21H26N4O3/c1-28-19-9-3-16(4-10-19)15-24-11-2-12-25(14-13-24)20(26)17-5-7-18(8-6-17)23-21(22)27/h3-10H,2,11-15H2,1H3,(H3,22,23,27). The smallest absolute Gasteiger partial charge is 0.316 e. The number of anilines is 1. The van der Waals surface area contributed by atoms with Gasteiger partial charge in [0, 0.05) is 44.0 Å². The molecule has 1 heterocycles. The van der Waals surface area contributed by atoms with Crippen molar-refractivity contribution in [3.63, 3.8) is 0 Å². The lowest BCUT2D eigenvalue weighted by molar-refractivity contribution is 0.0761. The molecule has 0 spiro atoms. The van der Waals surface area contributed by atoms with Gasteiger partial charge < -0.3 is 20.7 Å². The molecule has 1 fully saturated rings. The van der Waals surface area contributed by atoms with E-state index in [2.05, 4.69) is 22.3 Å². The molecule has 1 aliphatic rings. The largest absolute Gasteiger partial charge is 0.497 e. The third kappa shape index (κ3) is 5.23. The summed E-state index contributed by atoms with van der Waals surface area (Å²) in [5, 5.41) is 2.50. The Morgan fingerprint density at radius 2 is 1.71 bits per heavy atom. The zero-order chi connectivity index (χ0) is 19.9. The molecule has 0 radical (unpaired) electrons. The molecule has 148 valence electrons. The van der Waals surface area contributed by atoms with Gasteiger partial charge in [-0.25, -0.2) is 4.79 Å². The Labute approximate surface area is 165 Å². The fourth-order valence-corrected chi connectivity index (χ4v) is 3.34. The molecule has 3 amide bonds. The molecule has 2 aromatic carbocycles. The van der Waals surface area contributed by atoms with E-state index in [4.69, 9.17) is 10.5 Å². The number of nitrogens with one attached hydrogen (secondary N) is 1. The number of nitrogens with zero attached hydrogens (tertiary/aromatic N) is 2. The SMILES string of the molecule is COc1ccc(CN2CCCN(C(=O)c3ccc(NC(N)=O)cc3)CC2)cc1. The first-order chi connectivity index (χ1) is 13.5. The van der Waals surface area contributed by atoms with Crippen molar-refractivity contribution in [1.82, 2.24) is 9.80 Å². The van der Waals surface area contributed by atoms with Gasteiger partial charge in [0.05, 0.1) is 7.11 Å². The topological polar surface area (TPSA) is 87.9 Å². The number of hydrogen-bond acceptors (Lipinski definition) is 4. The Kier molecular flexibility index (Phi) is 6.49. The maximum atomic E-state index is 12.8. The van der Waals surface area contributed by atoms with Crippen molar-refractivity contribution in [2.45, 2.75) is 13.0 Å². The van der Waals surface area contributed by atoms with Crippen LogP contribution in [0.25, 0.3) is 0 Å². The van der Waals surface area contributed by atoms with Crippen LogP contribution in [-0.4, -0.2) is 55.0 Å². The molecule has 2 aromatic rings. The Balaban J connectivity index is 1.56. The quantitative estimate of drug-likeness (QED) is 0.832. The molecule has 0 atom stereocenters. The number of hydrogen-bond donors (Lipinski definition) is 2. The van der Waals surface area contributed by atoms with E-state index in [1.165, 1.54) is 5.56 Å². The number of ether oxygens (including phenoxy) is 1. The second-order valence-corrected chi connectivity index (χ2v) is 6.84. The van der Waals surface area contributed by atoms with E-state index in [1.807, 2.05) is 17.0 Å². The lowest BCUT2D eigenvalue weighted by Gasteiger charge is -2.22. The first-order valence-electron chi connectivity index (χ1n) is 9.36. The van der Waals surface area contributed by atoms with Crippen molar-refractivity contribution in [2.75, 3.05) is 38.6 Å². The number of carbonyl (C=O) groups excluding carboxylic acids is 2. The Morgan fingerprint density at radius 3 is 2.36 bits per heavy atom. The minimum atomic E-state index is -0.622. The normalized spacial score (nSPS) is 15.0. The van der Waals surface area contributed by atoms with Crippen LogP contribution in [0.1, 0.15) is 22.3 Å². The zero-order valence-corrected chi connectivity index (χ0v) is 16.1. The first-order valence-corrected chi connectivity index (χ1v) is 9.36.